The van der Waals surface area contributed by atoms with E-state index in [1.807, 2.05) is 36.4 Å². The number of rotatable bonds is 0. The topological polar surface area (TPSA) is 24.4 Å². The van der Waals surface area contributed by atoms with Crippen LogP contribution in [0.1, 0.15) is 5.56 Å². The Labute approximate surface area is 73.6 Å². The second-order valence-corrected chi connectivity index (χ2v) is 2.34. The van der Waals surface area contributed by atoms with Gasteiger partial charge < -0.3 is 0 Å². The number of fused-ring (bicyclic) bond motifs is 1. The van der Waals surface area contributed by atoms with Gasteiger partial charge in [-0.3, -0.25) is 5.43 Å². The Morgan fingerprint density at radius 1 is 1.17 bits per heavy atom. The SMILES string of the molecule is B.C1=Cc2ccccc2NN=C1. The van der Waals surface area contributed by atoms with Gasteiger partial charge in [-0.05, 0) is 17.7 Å². The first-order valence-electron chi connectivity index (χ1n) is 3.51. The van der Waals surface area contributed by atoms with Gasteiger partial charge in [0.2, 0.25) is 0 Å². The Morgan fingerprint density at radius 3 is 2.92 bits per heavy atom. The number of hydrazone groups is 1. The molecule has 0 aromatic heterocycles. The fourth-order valence-corrected chi connectivity index (χ4v) is 1.04. The normalized spacial score (nSPS) is 12.3. The van der Waals surface area contributed by atoms with Gasteiger partial charge in [-0.25, -0.2) is 0 Å². The van der Waals surface area contributed by atoms with Crippen molar-refractivity contribution in [3.8, 4) is 0 Å². The van der Waals surface area contributed by atoms with Gasteiger partial charge in [0.05, 0.1) is 14.1 Å². The molecular formula is C9H11BN2. The van der Waals surface area contributed by atoms with Crippen molar-refractivity contribution in [1.29, 1.82) is 0 Å². The van der Waals surface area contributed by atoms with Crippen LogP contribution in [0, 0.1) is 0 Å². The van der Waals surface area contributed by atoms with E-state index in [1.165, 1.54) is 5.56 Å². The van der Waals surface area contributed by atoms with Gasteiger partial charge >= 0.3 is 0 Å². The van der Waals surface area contributed by atoms with Gasteiger partial charge in [0.15, 0.2) is 0 Å². The zero-order chi connectivity index (χ0) is 7.52. The summed E-state index contributed by atoms with van der Waals surface area (Å²) in [5.41, 5.74) is 5.16. The molecule has 60 valence electrons. The second kappa shape index (κ2) is 3.76. The Hall–Kier alpha value is -1.51. The quantitative estimate of drug-likeness (QED) is 0.558. The lowest BCUT2D eigenvalue weighted by molar-refractivity contribution is 1.36. The lowest BCUT2D eigenvalue weighted by Crippen LogP contribution is -1.87. The highest BCUT2D eigenvalue weighted by atomic mass is 15.3. The molecule has 1 aromatic rings. The minimum Gasteiger partial charge on any atom is -0.278 e. The highest BCUT2D eigenvalue weighted by Gasteiger charge is 1.96. The van der Waals surface area contributed by atoms with E-state index in [0.717, 1.165) is 5.69 Å². The Balaban J connectivity index is 0.000000720. The number of benzene rings is 1. The highest BCUT2D eigenvalue weighted by Crippen LogP contribution is 2.17. The van der Waals surface area contributed by atoms with E-state index in [4.69, 9.17) is 0 Å². The van der Waals surface area contributed by atoms with Crippen LogP contribution in [-0.2, 0) is 0 Å². The molecule has 0 aliphatic carbocycles. The molecular weight excluding hydrogens is 147 g/mol. The highest BCUT2D eigenvalue weighted by molar-refractivity contribution is 5.83. The average Bonchev–Trinajstić information content (AvgIpc) is 2.28. The van der Waals surface area contributed by atoms with E-state index in [0.29, 0.717) is 0 Å². The minimum absolute atomic E-state index is 0. The van der Waals surface area contributed by atoms with Crippen molar-refractivity contribution in [2.24, 2.45) is 5.10 Å². The molecule has 1 aliphatic rings. The van der Waals surface area contributed by atoms with Crippen molar-refractivity contribution in [2.45, 2.75) is 0 Å². The number of anilines is 1. The summed E-state index contributed by atoms with van der Waals surface area (Å²) in [6, 6.07) is 8.05. The van der Waals surface area contributed by atoms with Crippen LogP contribution in [0.5, 0.6) is 0 Å². The van der Waals surface area contributed by atoms with Gasteiger partial charge in [0.25, 0.3) is 0 Å². The maximum absolute atomic E-state index is 3.95. The van der Waals surface area contributed by atoms with E-state index in [1.54, 1.807) is 6.21 Å². The molecule has 0 fully saturated rings. The van der Waals surface area contributed by atoms with Gasteiger partial charge in [-0.15, -0.1) is 0 Å². The molecule has 3 heteroatoms. The lowest BCUT2D eigenvalue weighted by Gasteiger charge is -2.00. The predicted octanol–water partition coefficient (Wildman–Crippen LogP) is 0.927. The molecule has 1 aliphatic heterocycles. The third kappa shape index (κ3) is 1.56. The zero-order valence-electron chi connectivity index (χ0n) is 5.99. The fourth-order valence-electron chi connectivity index (χ4n) is 1.04. The zero-order valence-corrected chi connectivity index (χ0v) is 5.99. The summed E-state index contributed by atoms with van der Waals surface area (Å²) >= 11 is 0. The van der Waals surface area contributed by atoms with E-state index >= 15 is 0 Å². The summed E-state index contributed by atoms with van der Waals surface area (Å²) in [5, 5.41) is 3.95. The van der Waals surface area contributed by atoms with Crippen LogP contribution in [-0.4, -0.2) is 14.6 Å². The molecule has 12 heavy (non-hydrogen) atoms. The number of nitrogens with zero attached hydrogens (tertiary/aromatic N) is 1. The number of hydrogen-bond donors (Lipinski definition) is 1. The molecule has 0 radical (unpaired) electrons. The van der Waals surface area contributed by atoms with E-state index < -0.39 is 0 Å². The molecule has 1 heterocycles. The summed E-state index contributed by atoms with van der Waals surface area (Å²) in [6.07, 6.45) is 5.68. The number of hydrogen-bond acceptors (Lipinski definition) is 2. The number of nitrogens with one attached hydrogen (secondary N) is 1. The predicted molar refractivity (Wildman–Crippen MR) is 57.5 cm³/mol. The van der Waals surface area contributed by atoms with Crippen molar-refractivity contribution < 1.29 is 0 Å². The monoisotopic (exact) mass is 158 g/mol. The molecule has 0 unspecified atom stereocenters. The molecule has 0 saturated carbocycles. The van der Waals surface area contributed by atoms with Crippen LogP contribution in [0.3, 0.4) is 0 Å². The van der Waals surface area contributed by atoms with Crippen LogP contribution in [0.2, 0.25) is 0 Å². The maximum Gasteiger partial charge on any atom is 0.0814 e. The molecule has 2 nitrogen and oxygen atoms in total. The first-order chi connectivity index (χ1) is 5.47. The largest absolute Gasteiger partial charge is 0.278 e. The fraction of sp³-hybridized carbons (Fsp3) is 0. The van der Waals surface area contributed by atoms with Gasteiger partial charge in [0.1, 0.15) is 0 Å². The molecule has 0 atom stereocenters. The van der Waals surface area contributed by atoms with Gasteiger partial charge in [-0.2, -0.15) is 5.10 Å². The average molecular weight is 158 g/mol. The molecule has 0 spiro atoms. The molecule has 1 N–H and O–H groups in total. The number of para-hydroxylation sites is 1. The Bertz CT molecular complexity index is 318. The van der Waals surface area contributed by atoms with Gasteiger partial charge in [-0.1, -0.05) is 24.3 Å². The standard InChI is InChI=1S/C9H8N2.BH3/c1-2-6-9-8(4-1)5-3-7-10-11-9;/h1-7,11H;1H3. The Kier molecular flexibility index (Phi) is 2.69. The minimum atomic E-state index is 0. The second-order valence-electron chi connectivity index (χ2n) is 2.34. The summed E-state index contributed by atoms with van der Waals surface area (Å²) in [4.78, 5) is 0. The first kappa shape index (κ1) is 8.59. The van der Waals surface area contributed by atoms with Crippen molar-refractivity contribution in [3.05, 3.63) is 35.9 Å². The van der Waals surface area contributed by atoms with Crippen LogP contribution in [0.25, 0.3) is 6.08 Å². The first-order valence-corrected chi connectivity index (χ1v) is 3.51. The van der Waals surface area contributed by atoms with Crippen molar-refractivity contribution in [3.63, 3.8) is 0 Å². The molecule has 0 amide bonds. The van der Waals surface area contributed by atoms with Crippen LogP contribution in [0.4, 0.5) is 5.69 Å². The van der Waals surface area contributed by atoms with Crippen LogP contribution >= 0.6 is 0 Å². The van der Waals surface area contributed by atoms with E-state index in [2.05, 4.69) is 10.5 Å². The molecule has 0 bridgehead atoms. The van der Waals surface area contributed by atoms with Crippen molar-refractivity contribution in [1.82, 2.24) is 0 Å². The van der Waals surface area contributed by atoms with Crippen LogP contribution in [0.15, 0.2) is 35.4 Å². The lowest BCUT2D eigenvalue weighted by atomic mass is 10.2. The van der Waals surface area contributed by atoms with E-state index in [-0.39, 0.29) is 8.41 Å². The summed E-state index contributed by atoms with van der Waals surface area (Å²) in [5.74, 6) is 0. The van der Waals surface area contributed by atoms with Crippen molar-refractivity contribution >= 4 is 26.4 Å². The third-order valence-corrected chi connectivity index (χ3v) is 1.58. The van der Waals surface area contributed by atoms with Crippen molar-refractivity contribution in [2.75, 3.05) is 5.43 Å². The maximum atomic E-state index is 3.95. The smallest absolute Gasteiger partial charge is 0.0814 e. The summed E-state index contributed by atoms with van der Waals surface area (Å²) in [7, 11) is 0. The number of allylic oxidation sites excluding steroid dienone is 1. The summed E-state index contributed by atoms with van der Waals surface area (Å²) < 4.78 is 0. The molecule has 1 aromatic carbocycles. The van der Waals surface area contributed by atoms with E-state index in [9.17, 15) is 0 Å². The summed E-state index contributed by atoms with van der Waals surface area (Å²) in [6.45, 7) is 0. The molecule has 0 saturated heterocycles. The third-order valence-electron chi connectivity index (χ3n) is 1.58. The molecule has 2 rings (SSSR count). The van der Waals surface area contributed by atoms with Gasteiger partial charge in [0, 0.05) is 6.21 Å². The van der Waals surface area contributed by atoms with Crippen LogP contribution < -0.4 is 5.43 Å². The Morgan fingerprint density at radius 2 is 2.00 bits per heavy atom.